The quantitative estimate of drug-likeness (QED) is 0.459. The second kappa shape index (κ2) is 10.1. The third-order valence-corrected chi connectivity index (χ3v) is 7.53. The van der Waals surface area contributed by atoms with Crippen LogP contribution in [0.3, 0.4) is 0 Å². The van der Waals surface area contributed by atoms with E-state index in [1.165, 1.54) is 0 Å². The van der Waals surface area contributed by atoms with E-state index in [2.05, 4.69) is 34.9 Å². The van der Waals surface area contributed by atoms with Crippen LogP contribution in [0, 0.1) is 11.8 Å². The minimum Gasteiger partial charge on any atom is -0.480 e. The topological polar surface area (TPSA) is 105 Å². The lowest BCUT2D eigenvalue weighted by Gasteiger charge is -2.31. The van der Waals surface area contributed by atoms with Crippen molar-refractivity contribution in [2.24, 2.45) is 11.8 Å². The number of carbonyl (C=O) groups excluding carboxylic acids is 2. The van der Waals surface area contributed by atoms with Crippen LogP contribution in [0.5, 0.6) is 0 Å². The van der Waals surface area contributed by atoms with Gasteiger partial charge >= 0.3 is 12.1 Å². The number of fused-ring (bicyclic) bond motifs is 3. The van der Waals surface area contributed by atoms with Gasteiger partial charge in [0.2, 0.25) is 5.91 Å². The number of alkyl carbamates (subject to hydrolysis) is 1. The van der Waals surface area contributed by atoms with Gasteiger partial charge in [0, 0.05) is 12.3 Å². The molecule has 0 heterocycles. The number of hydrogen-bond donors (Lipinski definition) is 3. The molecule has 0 saturated heterocycles. The first-order chi connectivity index (χ1) is 16.7. The van der Waals surface area contributed by atoms with Gasteiger partial charge in [0.15, 0.2) is 0 Å². The molecule has 7 nitrogen and oxygen atoms in total. The molecule has 186 valence electrons. The Balaban J connectivity index is 1.40. The van der Waals surface area contributed by atoms with Crippen molar-refractivity contribution in [3.63, 3.8) is 0 Å². The van der Waals surface area contributed by atoms with Gasteiger partial charge in [-0.2, -0.15) is 0 Å². The first-order valence-corrected chi connectivity index (χ1v) is 12.4. The van der Waals surface area contributed by atoms with Gasteiger partial charge in [0.05, 0.1) is 5.54 Å². The van der Waals surface area contributed by atoms with E-state index in [0.29, 0.717) is 6.42 Å². The number of aliphatic carboxylic acids is 1. The van der Waals surface area contributed by atoms with E-state index in [9.17, 15) is 19.5 Å². The molecule has 2 aromatic rings. The fourth-order valence-corrected chi connectivity index (χ4v) is 5.12. The van der Waals surface area contributed by atoms with Crippen LogP contribution in [0.1, 0.15) is 63.5 Å². The van der Waals surface area contributed by atoms with Crippen LogP contribution in [-0.4, -0.2) is 41.3 Å². The normalized spacial score (nSPS) is 17.9. The number of benzene rings is 2. The minimum absolute atomic E-state index is 0.00206. The highest BCUT2D eigenvalue weighted by Crippen LogP contribution is 2.45. The molecular weight excluding hydrogens is 444 g/mol. The Morgan fingerprint density at radius 1 is 1.06 bits per heavy atom. The number of carboxylic acid groups (broad SMARTS) is 1. The summed E-state index contributed by atoms with van der Waals surface area (Å²) in [6.45, 7) is 5.72. The van der Waals surface area contributed by atoms with Crippen molar-refractivity contribution in [1.82, 2.24) is 10.6 Å². The first kappa shape index (κ1) is 24.8. The molecule has 4 rings (SSSR count). The molecule has 3 atom stereocenters. The summed E-state index contributed by atoms with van der Waals surface area (Å²) in [5, 5.41) is 15.1. The number of amides is 2. The minimum atomic E-state index is -1.05. The van der Waals surface area contributed by atoms with Crippen molar-refractivity contribution in [3.8, 4) is 11.1 Å². The van der Waals surface area contributed by atoms with E-state index in [-0.39, 0.29) is 36.7 Å². The molecule has 0 spiro atoms. The van der Waals surface area contributed by atoms with Gasteiger partial charge in [-0.25, -0.2) is 9.59 Å². The molecule has 0 aliphatic heterocycles. The van der Waals surface area contributed by atoms with Crippen LogP contribution in [0.15, 0.2) is 48.5 Å². The summed E-state index contributed by atoms with van der Waals surface area (Å²) < 4.78 is 5.69. The van der Waals surface area contributed by atoms with Crippen molar-refractivity contribution in [3.05, 3.63) is 59.7 Å². The summed E-state index contributed by atoms with van der Waals surface area (Å²) in [5.41, 5.74) is 3.79. The Morgan fingerprint density at radius 2 is 1.63 bits per heavy atom. The van der Waals surface area contributed by atoms with Crippen molar-refractivity contribution >= 4 is 18.0 Å². The molecule has 35 heavy (non-hydrogen) atoms. The number of ether oxygens (including phenoxy) is 1. The molecule has 2 aliphatic rings. The third kappa shape index (κ3) is 5.34. The SMILES string of the molecule is CCC(C)C(NC(=O)CC(C)(NC(=O)OCC1c2ccccc2-c2ccccc21)C1CC1)C(=O)O. The Bertz CT molecular complexity index is 1070. The monoisotopic (exact) mass is 478 g/mol. The molecule has 1 saturated carbocycles. The Morgan fingerprint density at radius 3 is 2.14 bits per heavy atom. The van der Waals surface area contributed by atoms with Crippen molar-refractivity contribution < 1.29 is 24.2 Å². The van der Waals surface area contributed by atoms with Crippen LogP contribution in [0.25, 0.3) is 11.1 Å². The van der Waals surface area contributed by atoms with Crippen LogP contribution in [0.4, 0.5) is 4.79 Å². The summed E-state index contributed by atoms with van der Waals surface area (Å²) in [4.78, 5) is 37.3. The average molecular weight is 479 g/mol. The average Bonchev–Trinajstić information content (AvgIpc) is 3.65. The highest BCUT2D eigenvalue weighted by atomic mass is 16.5. The summed E-state index contributed by atoms with van der Waals surface area (Å²) >= 11 is 0. The third-order valence-electron chi connectivity index (χ3n) is 7.53. The van der Waals surface area contributed by atoms with E-state index in [4.69, 9.17) is 4.74 Å². The maximum absolute atomic E-state index is 12.9. The van der Waals surface area contributed by atoms with Crippen LogP contribution >= 0.6 is 0 Å². The zero-order valence-electron chi connectivity index (χ0n) is 20.5. The van der Waals surface area contributed by atoms with Gasteiger partial charge in [-0.3, -0.25) is 4.79 Å². The molecule has 0 aromatic heterocycles. The Kier molecular flexibility index (Phi) is 7.15. The molecule has 3 N–H and O–H groups in total. The van der Waals surface area contributed by atoms with Crippen molar-refractivity contribution in [2.45, 2.75) is 64.0 Å². The largest absolute Gasteiger partial charge is 0.480 e. The molecular formula is C28H34N2O5. The van der Waals surface area contributed by atoms with Gasteiger partial charge in [-0.1, -0.05) is 68.8 Å². The fourth-order valence-electron chi connectivity index (χ4n) is 5.12. The number of nitrogens with one attached hydrogen (secondary N) is 2. The zero-order valence-corrected chi connectivity index (χ0v) is 20.5. The molecule has 2 aliphatic carbocycles. The zero-order chi connectivity index (χ0) is 25.2. The Labute approximate surface area is 206 Å². The number of carboxylic acids is 1. The van der Waals surface area contributed by atoms with Crippen LogP contribution < -0.4 is 10.6 Å². The lowest BCUT2D eigenvalue weighted by atomic mass is 9.90. The second-order valence-corrected chi connectivity index (χ2v) is 10.1. The van der Waals surface area contributed by atoms with E-state index < -0.39 is 23.6 Å². The van der Waals surface area contributed by atoms with Gasteiger partial charge < -0.3 is 20.5 Å². The van der Waals surface area contributed by atoms with Crippen LogP contribution in [-0.2, 0) is 14.3 Å². The van der Waals surface area contributed by atoms with Gasteiger partial charge in [-0.15, -0.1) is 0 Å². The smallest absolute Gasteiger partial charge is 0.407 e. The highest BCUT2D eigenvalue weighted by Gasteiger charge is 2.45. The maximum atomic E-state index is 12.9. The first-order valence-electron chi connectivity index (χ1n) is 12.4. The predicted octanol–water partition coefficient (Wildman–Crippen LogP) is 4.70. The van der Waals surface area contributed by atoms with Crippen molar-refractivity contribution in [2.75, 3.05) is 6.61 Å². The van der Waals surface area contributed by atoms with Crippen molar-refractivity contribution in [1.29, 1.82) is 0 Å². The standard InChI is InChI=1S/C28H34N2O5/c1-4-17(2)25(26(32)33)29-24(31)15-28(3,18-13-14-18)30-27(34)35-16-23-21-11-7-5-9-19(21)20-10-6-8-12-22(20)23/h5-12,17-18,23,25H,4,13-16H2,1-3H3,(H,29,31)(H,30,34)(H,32,33). The molecule has 2 aromatic carbocycles. The molecule has 7 heteroatoms. The molecule has 3 unspecified atom stereocenters. The molecule has 1 fully saturated rings. The molecule has 0 bridgehead atoms. The number of carbonyl (C=O) groups is 3. The van der Waals surface area contributed by atoms with E-state index in [0.717, 1.165) is 35.1 Å². The Hall–Kier alpha value is -3.35. The lowest BCUT2D eigenvalue weighted by molar-refractivity contribution is -0.143. The van der Waals surface area contributed by atoms with Gasteiger partial charge in [0.25, 0.3) is 0 Å². The summed E-state index contributed by atoms with van der Waals surface area (Å²) in [6, 6.07) is 15.3. The van der Waals surface area contributed by atoms with Gasteiger partial charge in [0.1, 0.15) is 12.6 Å². The number of rotatable bonds is 10. The predicted molar refractivity (Wildman–Crippen MR) is 133 cm³/mol. The van der Waals surface area contributed by atoms with E-state index >= 15 is 0 Å². The van der Waals surface area contributed by atoms with E-state index in [1.54, 1.807) is 6.92 Å². The number of hydrogen-bond acceptors (Lipinski definition) is 4. The summed E-state index contributed by atoms with van der Waals surface area (Å²) in [5.74, 6) is -1.52. The second-order valence-electron chi connectivity index (χ2n) is 10.1. The van der Waals surface area contributed by atoms with Crippen LogP contribution in [0.2, 0.25) is 0 Å². The summed E-state index contributed by atoms with van der Waals surface area (Å²) in [6.07, 6.45) is 1.88. The molecule has 2 amide bonds. The lowest BCUT2D eigenvalue weighted by Crippen LogP contribution is -2.53. The van der Waals surface area contributed by atoms with Gasteiger partial charge in [-0.05, 0) is 53.9 Å². The summed E-state index contributed by atoms with van der Waals surface area (Å²) in [7, 11) is 0. The maximum Gasteiger partial charge on any atom is 0.407 e. The fraction of sp³-hybridized carbons (Fsp3) is 0.464. The molecule has 0 radical (unpaired) electrons. The van der Waals surface area contributed by atoms with E-state index in [1.807, 2.05) is 38.1 Å². The highest BCUT2D eigenvalue weighted by molar-refractivity contribution is 5.85.